The molecule has 1 unspecified atom stereocenters. The minimum atomic E-state index is 0.440. The molecule has 3 heterocycles. The molecular weight excluding hydrogens is 420 g/mol. The molecule has 178 valence electrons. The topological polar surface area (TPSA) is 44.4 Å². The van der Waals surface area contributed by atoms with Crippen molar-refractivity contribution in [1.29, 1.82) is 0 Å². The molecule has 5 nitrogen and oxygen atoms in total. The molecule has 34 heavy (non-hydrogen) atoms. The molecule has 0 saturated carbocycles. The number of nitrogens with zero attached hydrogens (tertiary/aromatic N) is 3. The van der Waals surface area contributed by atoms with Crippen LogP contribution in [-0.2, 0) is 0 Å². The Hall–Kier alpha value is -3.05. The standard InChI is InChI=1S/C29H36N4O/c1-5-23-6-7-25(17-27(23)34-26-16-24-10-13-30-28(24)31-18-26)33-15-14-32(19-21(33)2)20-22-8-11-29(3,4)12-9-22/h5-8,10,13,16-18,21H,1,9,11-12,14-15,19-20H2,2-4H3,(H,30,31). The summed E-state index contributed by atoms with van der Waals surface area (Å²) in [5.41, 5.74) is 5.14. The molecule has 5 rings (SSSR count). The van der Waals surface area contributed by atoms with E-state index in [9.17, 15) is 0 Å². The second kappa shape index (κ2) is 9.30. The number of piperazine rings is 1. The first-order valence-corrected chi connectivity index (χ1v) is 12.4. The molecule has 1 saturated heterocycles. The molecule has 0 amide bonds. The Bertz CT molecular complexity index is 1210. The fourth-order valence-corrected chi connectivity index (χ4v) is 5.18. The summed E-state index contributed by atoms with van der Waals surface area (Å²) >= 11 is 0. The highest BCUT2D eigenvalue weighted by Crippen LogP contribution is 2.35. The van der Waals surface area contributed by atoms with Gasteiger partial charge in [0.1, 0.15) is 17.1 Å². The number of nitrogens with one attached hydrogen (secondary N) is 1. The number of ether oxygens (including phenoxy) is 1. The lowest BCUT2D eigenvalue weighted by Gasteiger charge is -2.42. The van der Waals surface area contributed by atoms with Gasteiger partial charge in [-0.05, 0) is 55.9 Å². The Morgan fingerprint density at radius 1 is 1.24 bits per heavy atom. The summed E-state index contributed by atoms with van der Waals surface area (Å²) in [6.45, 7) is 15.4. The zero-order valence-corrected chi connectivity index (χ0v) is 20.7. The Labute approximate surface area is 203 Å². The largest absolute Gasteiger partial charge is 0.455 e. The van der Waals surface area contributed by atoms with E-state index < -0.39 is 0 Å². The lowest BCUT2D eigenvalue weighted by atomic mass is 9.78. The molecule has 1 aliphatic heterocycles. The number of aromatic amines is 1. The molecule has 0 spiro atoms. The third kappa shape index (κ3) is 4.90. The fourth-order valence-electron chi connectivity index (χ4n) is 5.18. The molecule has 2 aliphatic rings. The average molecular weight is 457 g/mol. The highest BCUT2D eigenvalue weighted by molar-refractivity contribution is 5.76. The first-order chi connectivity index (χ1) is 16.4. The number of benzene rings is 1. The first kappa shape index (κ1) is 22.7. The van der Waals surface area contributed by atoms with Crippen LogP contribution in [-0.4, -0.2) is 47.1 Å². The minimum absolute atomic E-state index is 0.440. The van der Waals surface area contributed by atoms with E-state index in [1.807, 2.05) is 24.4 Å². The summed E-state index contributed by atoms with van der Waals surface area (Å²) in [7, 11) is 0. The maximum atomic E-state index is 6.29. The Morgan fingerprint density at radius 2 is 2.12 bits per heavy atom. The van der Waals surface area contributed by atoms with E-state index in [2.05, 4.69) is 71.4 Å². The van der Waals surface area contributed by atoms with Crippen molar-refractivity contribution in [3.05, 3.63) is 66.5 Å². The van der Waals surface area contributed by atoms with Crippen LogP contribution in [0.1, 0.15) is 45.6 Å². The molecule has 0 bridgehead atoms. The average Bonchev–Trinajstić information content (AvgIpc) is 3.29. The summed E-state index contributed by atoms with van der Waals surface area (Å²) in [6, 6.07) is 10.9. The lowest BCUT2D eigenvalue weighted by Crippen LogP contribution is -2.52. The van der Waals surface area contributed by atoms with Crippen LogP contribution in [0.3, 0.4) is 0 Å². The van der Waals surface area contributed by atoms with Crippen LogP contribution in [0.25, 0.3) is 17.1 Å². The van der Waals surface area contributed by atoms with Crippen LogP contribution in [0.15, 0.2) is 61.0 Å². The van der Waals surface area contributed by atoms with E-state index in [0.717, 1.165) is 54.3 Å². The number of hydrogen-bond acceptors (Lipinski definition) is 4. The van der Waals surface area contributed by atoms with Gasteiger partial charge in [-0.15, -0.1) is 0 Å². The van der Waals surface area contributed by atoms with E-state index in [1.54, 1.807) is 11.8 Å². The van der Waals surface area contributed by atoms with Gasteiger partial charge in [-0.2, -0.15) is 0 Å². The number of H-pyrrole nitrogens is 1. The van der Waals surface area contributed by atoms with Gasteiger partial charge in [0.25, 0.3) is 0 Å². The van der Waals surface area contributed by atoms with Gasteiger partial charge in [0.15, 0.2) is 0 Å². The van der Waals surface area contributed by atoms with Gasteiger partial charge in [0, 0.05) is 61.1 Å². The van der Waals surface area contributed by atoms with Crippen molar-refractivity contribution in [3.8, 4) is 11.5 Å². The highest BCUT2D eigenvalue weighted by Gasteiger charge is 2.27. The molecule has 1 aliphatic carbocycles. The van der Waals surface area contributed by atoms with Crippen LogP contribution in [0.2, 0.25) is 0 Å². The van der Waals surface area contributed by atoms with Gasteiger partial charge in [-0.3, -0.25) is 4.90 Å². The minimum Gasteiger partial charge on any atom is -0.455 e. The maximum absolute atomic E-state index is 6.29. The number of rotatable bonds is 6. The number of hydrogen-bond donors (Lipinski definition) is 1. The molecule has 3 aromatic rings. The molecule has 1 fully saturated rings. The SMILES string of the molecule is C=Cc1ccc(N2CCN(CC3=CCC(C)(C)CC3)CC2C)cc1Oc1cnc2[nH]ccc2c1. The van der Waals surface area contributed by atoms with Gasteiger partial charge < -0.3 is 14.6 Å². The number of aromatic nitrogens is 2. The van der Waals surface area contributed by atoms with Gasteiger partial charge in [0.2, 0.25) is 0 Å². The second-order valence-electron chi connectivity index (χ2n) is 10.6. The number of fused-ring (bicyclic) bond motifs is 1. The summed E-state index contributed by atoms with van der Waals surface area (Å²) < 4.78 is 6.29. The van der Waals surface area contributed by atoms with Crippen LogP contribution in [0.5, 0.6) is 11.5 Å². The smallest absolute Gasteiger partial charge is 0.146 e. The van der Waals surface area contributed by atoms with Crippen molar-refractivity contribution in [2.75, 3.05) is 31.1 Å². The van der Waals surface area contributed by atoms with Crippen molar-refractivity contribution < 1.29 is 4.74 Å². The van der Waals surface area contributed by atoms with E-state index in [4.69, 9.17) is 4.74 Å². The predicted molar refractivity (Wildman–Crippen MR) is 142 cm³/mol. The van der Waals surface area contributed by atoms with E-state index in [1.165, 1.54) is 24.9 Å². The Balaban J connectivity index is 1.28. The van der Waals surface area contributed by atoms with Crippen molar-refractivity contribution in [3.63, 3.8) is 0 Å². The Kier molecular flexibility index (Phi) is 6.22. The van der Waals surface area contributed by atoms with Crippen LogP contribution in [0.4, 0.5) is 5.69 Å². The van der Waals surface area contributed by atoms with Gasteiger partial charge >= 0.3 is 0 Å². The van der Waals surface area contributed by atoms with Gasteiger partial charge in [-0.25, -0.2) is 4.98 Å². The summed E-state index contributed by atoms with van der Waals surface area (Å²) in [5.74, 6) is 1.54. The van der Waals surface area contributed by atoms with Crippen LogP contribution in [0, 0.1) is 5.41 Å². The van der Waals surface area contributed by atoms with Gasteiger partial charge in [-0.1, -0.05) is 38.2 Å². The Morgan fingerprint density at radius 3 is 2.88 bits per heavy atom. The summed E-state index contributed by atoms with van der Waals surface area (Å²) in [5, 5.41) is 1.04. The number of allylic oxidation sites excluding steroid dienone is 1. The predicted octanol–water partition coefficient (Wildman–Crippen LogP) is 6.65. The van der Waals surface area contributed by atoms with Crippen molar-refractivity contribution in [2.24, 2.45) is 5.41 Å². The summed E-state index contributed by atoms with van der Waals surface area (Å²) in [6.07, 6.45) is 11.8. The zero-order chi connectivity index (χ0) is 23.7. The van der Waals surface area contributed by atoms with E-state index in [-0.39, 0.29) is 0 Å². The lowest BCUT2D eigenvalue weighted by molar-refractivity contribution is 0.236. The van der Waals surface area contributed by atoms with E-state index >= 15 is 0 Å². The van der Waals surface area contributed by atoms with Crippen molar-refractivity contribution in [2.45, 2.75) is 46.1 Å². The first-order valence-electron chi connectivity index (χ1n) is 12.4. The monoisotopic (exact) mass is 456 g/mol. The number of anilines is 1. The maximum Gasteiger partial charge on any atom is 0.146 e. The molecule has 1 N–H and O–H groups in total. The molecular formula is C29H36N4O. The third-order valence-electron chi connectivity index (χ3n) is 7.36. The highest BCUT2D eigenvalue weighted by atomic mass is 16.5. The molecule has 1 atom stereocenters. The summed E-state index contributed by atoms with van der Waals surface area (Å²) in [4.78, 5) is 12.7. The van der Waals surface area contributed by atoms with Gasteiger partial charge in [0.05, 0.1) is 6.20 Å². The van der Waals surface area contributed by atoms with Crippen LogP contribution < -0.4 is 9.64 Å². The molecule has 1 aromatic carbocycles. The zero-order valence-electron chi connectivity index (χ0n) is 20.7. The fraction of sp³-hybridized carbons (Fsp3) is 0.414. The van der Waals surface area contributed by atoms with Crippen LogP contribution >= 0.6 is 0 Å². The van der Waals surface area contributed by atoms with Crippen molar-refractivity contribution >= 4 is 22.8 Å². The second-order valence-corrected chi connectivity index (χ2v) is 10.6. The molecule has 0 radical (unpaired) electrons. The molecule has 5 heteroatoms. The normalized spacial score (nSPS) is 20.9. The third-order valence-corrected chi connectivity index (χ3v) is 7.36. The number of pyridine rings is 1. The molecule has 2 aromatic heterocycles. The quantitative estimate of drug-likeness (QED) is 0.422. The van der Waals surface area contributed by atoms with E-state index in [0.29, 0.717) is 11.5 Å². The van der Waals surface area contributed by atoms with Crippen molar-refractivity contribution in [1.82, 2.24) is 14.9 Å².